The summed E-state index contributed by atoms with van der Waals surface area (Å²) in [5, 5.41) is 0. The number of H-pyrrole nitrogens is 1. The van der Waals surface area contributed by atoms with Gasteiger partial charge in [0.15, 0.2) is 0 Å². The molecule has 0 bridgehead atoms. The van der Waals surface area contributed by atoms with Gasteiger partial charge in [-0.15, -0.1) is 0 Å². The van der Waals surface area contributed by atoms with Crippen molar-refractivity contribution in [2.45, 2.75) is 18.7 Å². The average Bonchev–Trinajstić information content (AvgIpc) is 3.05. The molecule has 0 aliphatic heterocycles. The number of carbonyl (C=O) groups is 3. The third kappa shape index (κ3) is 5.52. The molecule has 0 aliphatic rings. The number of benzene rings is 1. The van der Waals surface area contributed by atoms with E-state index in [9.17, 15) is 22.8 Å². The maximum atomic E-state index is 12.5. The molecule has 2 rings (SSSR count). The second kappa shape index (κ2) is 10.4. The number of aromatic amines is 1. The minimum Gasteiger partial charge on any atom is -0.460 e. The van der Waals surface area contributed by atoms with E-state index in [1.807, 2.05) is 0 Å². The highest BCUT2D eigenvalue weighted by atomic mass is 32.2. The van der Waals surface area contributed by atoms with Crippen molar-refractivity contribution in [3.05, 3.63) is 52.3 Å². The van der Waals surface area contributed by atoms with Gasteiger partial charge in [-0.25, -0.2) is 17.5 Å². The van der Waals surface area contributed by atoms with Crippen molar-refractivity contribution >= 4 is 27.8 Å². The summed E-state index contributed by atoms with van der Waals surface area (Å²) in [6.07, 6.45) is 0. The topological polar surface area (TPSA) is 147 Å². The monoisotopic (exact) mass is 466 g/mol. The molecule has 3 N–H and O–H groups in total. The molecule has 0 aliphatic carbocycles. The first-order valence-electron chi connectivity index (χ1n) is 9.49. The molecule has 0 saturated carbocycles. The Bertz CT molecular complexity index is 1120. The van der Waals surface area contributed by atoms with E-state index in [0.29, 0.717) is 11.3 Å². The summed E-state index contributed by atoms with van der Waals surface area (Å²) in [6.45, 7) is 3.50. The number of nitrogens with one attached hydrogen (secondary N) is 3. The SMILES string of the molecule is COCCOC(=O)c1c(C)[nH]c(C(=O)NNC(=O)c2cccc(S(=O)(=O)N(C)C)c2)c1C. The Balaban J connectivity index is 2.11. The number of nitrogens with zero attached hydrogens (tertiary/aromatic N) is 1. The number of ether oxygens (including phenoxy) is 2. The lowest BCUT2D eigenvalue weighted by molar-refractivity contribution is 0.0386. The predicted octanol–water partition coefficient (Wildman–Crippen LogP) is 0.760. The Kier molecular flexibility index (Phi) is 8.14. The van der Waals surface area contributed by atoms with Gasteiger partial charge >= 0.3 is 5.97 Å². The molecule has 0 spiro atoms. The molecule has 0 saturated heterocycles. The van der Waals surface area contributed by atoms with Gasteiger partial charge in [0.05, 0.1) is 17.1 Å². The van der Waals surface area contributed by atoms with Crippen molar-refractivity contribution in [2.75, 3.05) is 34.4 Å². The number of sulfonamides is 1. The molecule has 32 heavy (non-hydrogen) atoms. The van der Waals surface area contributed by atoms with Crippen LogP contribution in [0.4, 0.5) is 0 Å². The largest absolute Gasteiger partial charge is 0.460 e. The Labute approximate surface area is 186 Å². The van der Waals surface area contributed by atoms with Gasteiger partial charge in [-0.2, -0.15) is 0 Å². The van der Waals surface area contributed by atoms with Crippen LogP contribution in [-0.2, 0) is 19.5 Å². The number of amides is 2. The minimum atomic E-state index is -3.72. The van der Waals surface area contributed by atoms with Crippen LogP contribution in [0.1, 0.15) is 42.5 Å². The Morgan fingerprint density at radius 3 is 2.34 bits per heavy atom. The molecule has 12 heteroatoms. The fourth-order valence-corrected chi connectivity index (χ4v) is 3.78. The number of hydrogen-bond donors (Lipinski definition) is 3. The van der Waals surface area contributed by atoms with Crippen molar-refractivity contribution in [3.8, 4) is 0 Å². The molecular formula is C20H26N4O7S. The zero-order valence-electron chi connectivity index (χ0n) is 18.4. The second-order valence-corrected chi connectivity index (χ2v) is 9.13. The number of methoxy groups -OCH3 is 1. The number of hydrazine groups is 1. The molecule has 0 fully saturated rings. The third-order valence-electron chi connectivity index (χ3n) is 4.55. The van der Waals surface area contributed by atoms with Crippen LogP contribution in [0.3, 0.4) is 0 Å². The molecular weight excluding hydrogens is 440 g/mol. The van der Waals surface area contributed by atoms with Crippen LogP contribution in [0.25, 0.3) is 0 Å². The normalized spacial score (nSPS) is 11.3. The summed E-state index contributed by atoms with van der Waals surface area (Å²) >= 11 is 0. The molecule has 1 aromatic carbocycles. The summed E-state index contributed by atoms with van der Waals surface area (Å²) in [7, 11) is 0.518. The smallest absolute Gasteiger partial charge is 0.340 e. The molecule has 174 valence electrons. The molecule has 2 aromatic rings. The van der Waals surface area contributed by atoms with Crippen molar-refractivity contribution < 1.29 is 32.3 Å². The molecule has 2 amide bonds. The van der Waals surface area contributed by atoms with E-state index in [2.05, 4.69) is 15.8 Å². The molecule has 0 radical (unpaired) electrons. The van der Waals surface area contributed by atoms with E-state index in [0.717, 1.165) is 4.31 Å². The lowest BCUT2D eigenvalue weighted by atomic mass is 10.1. The Hall–Kier alpha value is -3.22. The van der Waals surface area contributed by atoms with Gasteiger partial charge in [0, 0.05) is 32.5 Å². The van der Waals surface area contributed by atoms with Crippen molar-refractivity contribution in [3.63, 3.8) is 0 Å². The van der Waals surface area contributed by atoms with Gasteiger partial charge in [0.1, 0.15) is 12.3 Å². The van der Waals surface area contributed by atoms with Crippen LogP contribution >= 0.6 is 0 Å². The van der Waals surface area contributed by atoms with Crippen LogP contribution in [0.2, 0.25) is 0 Å². The lowest BCUT2D eigenvalue weighted by Gasteiger charge is -2.12. The Morgan fingerprint density at radius 2 is 1.72 bits per heavy atom. The number of aromatic nitrogens is 1. The van der Waals surface area contributed by atoms with E-state index in [1.54, 1.807) is 13.8 Å². The fraction of sp³-hybridized carbons (Fsp3) is 0.350. The van der Waals surface area contributed by atoms with Crippen molar-refractivity contribution in [1.82, 2.24) is 20.1 Å². The number of rotatable bonds is 8. The van der Waals surface area contributed by atoms with Crippen LogP contribution in [0, 0.1) is 13.8 Å². The second-order valence-electron chi connectivity index (χ2n) is 6.98. The van der Waals surface area contributed by atoms with Crippen molar-refractivity contribution in [2.24, 2.45) is 0 Å². The number of esters is 1. The fourth-order valence-electron chi connectivity index (χ4n) is 2.83. The molecule has 1 aromatic heterocycles. The zero-order chi connectivity index (χ0) is 24.1. The van der Waals surface area contributed by atoms with E-state index in [4.69, 9.17) is 9.47 Å². The van der Waals surface area contributed by atoms with Gasteiger partial charge in [-0.1, -0.05) is 6.07 Å². The van der Waals surface area contributed by atoms with Crippen LogP contribution in [0.15, 0.2) is 29.2 Å². The van der Waals surface area contributed by atoms with Gasteiger partial charge in [0.25, 0.3) is 11.8 Å². The standard InChI is InChI=1S/C20H26N4O7S/c1-12-16(20(27)31-10-9-30-5)13(2)21-17(12)19(26)23-22-18(25)14-7-6-8-15(11-14)32(28,29)24(3)4/h6-8,11,21H,9-10H2,1-5H3,(H,22,25)(H,23,26). The van der Waals surface area contributed by atoms with Crippen LogP contribution < -0.4 is 10.9 Å². The highest BCUT2D eigenvalue weighted by molar-refractivity contribution is 7.89. The predicted molar refractivity (Wildman–Crippen MR) is 115 cm³/mol. The Morgan fingerprint density at radius 1 is 1.06 bits per heavy atom. The maximum Gasteiger partial charge on any atom is 0.340 e. The van der Waals surface area contributed by atoms with E-state index >= 15 is 0 Å². The van der Waals surface area contributed by atoms with Gasteiger partial charge in [-0.3, -0.25) is 20.4 Å². The summed E-state index contributed by atoms with van der Waals surface area (Å²) in [5.41, 5.74) is 5.61. The highest BCUT2D eigenvalue weighted by Gasteiger charge is 2.24. The quantitative estimate of drug-likeness (QED) is 0.296. The summed E-state index contributed by atoms with van der Waals surface area (Å²) in [5.74, 6) is -2.00. The van der Waals surface area contributed by atoms with E-state index in [-0.39, 0.29) is 34.9 Å². The summed E-state index contributed by atoms with van der Waals surface area (Å²) in [6, 6.07) is 5.40. The van der Waals surface area contributed by atoms with Crippen LogP contribution in [-0.4, -0.2) is 69.9 Å². The van der Waals surface area contributed by atoms with Gasteiger partial charge < -0.3 is 14.5 Å². The first-order valence-corrected chi connectivity index (χ1v) is 10.9. The van der Waals surface area contributed by atoms with Gasteiger partial charge in [-0.05, 0) is 37.6 Å². The minimum absolute atomic E-state index is 0.0371. The van der Waals surface area contributed by atoms with Gasteiger partial charge in [0.2, 0.25) is 10.0 Å². The number of carbonyl (C=O) groups excluding carboxylic acids is 3. The molecule has 0 unspecified atom stereocenters. The molecule has 1 heterocycles. The molecule has 11 nitrogen and oxygen atoms in total. The lowest BCUT2D eigenvalue weighted by Crippen LogP contribution is -2.42. The molecule has 0 atom stereocenters. The van der Waals surface area contributed by atoms with Crippen molar-refractivity contribution in [1.29, 1.82) is 0 Å². The average molecular weight is 467 g/mol. The first-order chi connectivity index (χ1) is 15.0. The van der Waals surface area contributed by atoms with Crippen LogP contribution in [0.5, 0.6) is 0 Å². The zero-order valence-corrected chi connectivity index (χ0v) is 19.3. The summed E-state index contributed by atoms with van der Waals surface area (Å²) < 4.78 is 35.4. The maximum absolute atomic E-state index is 12.5. The third-order valence-corrected chi connectivity index (χ3v) is 6.36. The highest BCUT2D eigenvalue weighted by Crippen LogP contribution is 2.19. The number of hydrogen-bond acceptors (Lipinski definition) is 7. The first kappa shape index (κ1) is 25.0. The van der Waals surface area contributed by atoms with E-state index < -0.39 is 27.8 Å². The van der Waals surface area contributed by atoms with E-state index in [1.165, 1.54) is 45.5 Å². The summed E-state index contributed by atoms with van der Waals surface area (Å²) in [4.78, 5) is 39.9. The number of aryl methyl sites for hydroxylation is 1.